The van der Waals surface area contributed by atoms with E-state index in [9.17, 15) is 22.8 Å². The summed E-state index contributed by atoms with van der Waals surface area (Å²) in [6.45, 7) is 1.33. The van der Waals surface area contributed by atoms with E-state index in [1.807, 2.05) is 5.38 Å². The molecule has 2 fully saturated rings. The molecule has 2 aromatic carbocycles. The van der Waals surface area contributed by atoms with Crippen LogP contribution in [-0.2, 0) is 19.6 Å². The molecule has 216 valence electrons. The number of amides is 2. The van der Waals surface area contributed by atoms with Crippen molar-refractivity contribution in [1.29, 1.82) is 0 Å². The van der Waals surface area contributed by atoms with Crippen molar-refractivity contribution in [3.63, 3.8) is 0 Å². The van der Waals surface area contributed by atoms with E-state index in [2.05, 4.69) is 5.32 Å². The summed E-state index contributed by atoms with van der Waals surface area (Å²) in [5.74, 6) is -0.534. The lowest BCUT2D eigenvalue weighted by Gasteiger charge is -2.27. The van der Waals surface area contributed by atoms with Gasteiger partial charge < -0.3 is 19.7 Å². The predicted molar refractivity (Wildman–Crippen MR) is 154 cm³/mol. The number of nitrogens with zero attached hydrogens (tertiary/aromatic N) is 2. The van der Waals surface area contributed by atoms with Crippen LogP contribution in [0.15, 0.2) is 64.9 Å². The number of carbonyl (C=O) groups excluding carboxylic acids is 3. The number of nitrogens with one attached hydrogen (secondary N) is 1. The highest BCUT2D eigenvalue weighted by molar-refractivity contribution is 7.89. The average molecular weight is 598 g/mol. The van der Waals surface area contributed by atoms with Gasteiger partial charge in [-0.1, -0.05) is 12.5 Å². The number of carbonyl (C=O) groups is 3. The number of hydrogen-bond acceptors (Lipinski definition) is 8. The molecular formula is C29H31N3O7S2. The number of piperidine rings is 1. The minimum atomic E-state index is -3.79. The van der Waals surface area contributed by atoms with Gasteiger partial charge in [-0.3, -0.25) is 9.59 Å². The van der Waals surface area contributed by atoms with Gasteiger partial charge in [0.2, 0.25) is 15.9 Å². The van der Waals surface area contributed by atoms with E-state index in [-0.39, 0.29) is 22.2 Å². The number of thiophene rings is 1. The van der Waals surface area contributed by atoms with Crippen LogP contribution in [0.5, 0.6) is 11.5 Å². The molecule has 10 nitrogen and oxygen atoms in total. The highest BCUT2D eigenvalue weighted by Gasteiger charge is 2.35. The van der Waals surface area contributed by atoms with Crippen molar-refractivity contribution < 1.29 is 32.3 Å². The maximum absolute atomic E-state index is 13.6. The minimum absolute atomic E-state index is 0.0426. The van der Waals surface area contributed by atoms with Crippen LogP contribution in [-0.4, -0.2) is 68.2 Å². The number of methoxy groups -OCH3 is 1. The first-order valence-electron chi connectivity index (χ1n) is 13.4. The van der Waals surface area contributed by atoms with Crippen molar-refractivity contribution in [3.05, 3.63) is 70.4 Å². The first-order chi connectivity index (χ1) is 19.8. The number of likely N-dealkylation sites (tertiary alicyclic amines) is 1. The van der Waals surface area contributed by atoms with Crippen molar-refractivity contribution in [2.24, 2.45) is 0 Å². The third-order valence-electron chi connectivity index (χ3n) is 7.21. The predicted octanol–water partition coefficient (Wildman–Crippen LogP) is 4.74. The molecule has 2 saturated heterocycles. The average Bonchev–Trinajstić information content (AvgIpc) is 3.71. The molecular weight excluding hydrogens is 566 g/mol. The van der Waals surface area contributed by atoms with Crippen molar-refractivity contribution in [3.8, 4) is 11.5 Å². The first kappa shape index (κ1) is 28.8. The molecule has 5 rings (SSSR count). The fourth-order valence-corrected chi connectivity index (χ4v) is 7.28. The molecule has 1 N–H and O–H groups in total. The number of benzene rings is 2. The maximum atomic E-state index is 13.6. The number of sulfonamides is 1. The monoisotopic (exact) mass is 597 g/mol. The lowest BCUT2D eigenvalue weighted by atomic mass is 10.2. The fraction of sp³-hybridized carbons (Fsp3) is 0.345. The molecule has 2 aliphatic rings. The topological polar surface area (TPSA) is 122 Å². The molecule has 3 heterocycles. The quantitative estimate of drug-likeness (QED) is 0.372. The molecule has 0 spiro atoms. The highest BCUT2D eigenvalue weighted by Crippen LogP contribution is 2.34. The zero-order chi connectivity index (χ0) is 29.0. The summed E-state index contributed by atoms with van der Waals surface area (Å²) in [5.41, 5.74) is 0.508. The van der Waals surface area contributed by atoms with Crippen LogP contribution in [0.3, 0.4) is 0 Å². The Morgan fingerprint density at radius 2 is 1.71 bits per heavy atom. The number of hydrogen-bond donors (Lipinski definition) is 1. The third kappa shape index (κ3) is 6.29. The maximum Gasteiger partial charge on any atom is 0.337 e. The van der Waals surface area contributed by atoms with E-state index in [4.69, 9.17) is 9.47 Å². The van der Waals surface area contributed by atoms with Crippen molar-refractivity contribution >= 4 is 44.8 Å². The van der Waals surface area contributed by atoms with Crippen LogP contribution in [0.2, 0.25) is 0 Å². The minimum Gasteiger partial charge on any atom is -0.465 e. The van der Waals surface area contributed by atoms with Gasteiger partial charge in [-0.05, 0) is 79.6 Å². The van der Waals surface area contributed by atoms with Gasteiger partial charge in [0.25, 0.3) is 5.91 Å². The number of rotatable bonds is 8. The lowest BCUT2D eigenvalue weighted by Crippen LogP contribution is -2.43. The summed E-state index contributed by atoms with van der Waals surface area (Å²) in [5, 5.41) is 4.66. The Morgan fingerprint density at radius 3 is 2.39 bits per heavy atom. The second-order valence-corrected chi connectivity index (χ2v) is 12.7. The number of ether oxygens (including phenoxy) is 2. The van der Waals surface area contributed by atoms with Crippen LogP contribution in [0.25, 0.3) is 0 Å². The molecule has 2 amide bonds. The van der Waals surface area contributed by atoms with Crippen LogP contribution < -0.4 is 10.1 Å². The summed E-state index contributed by atoms with van der Waals surface area (Å²) in [4.78, 5) is 40.6. The fourth-order valence-electron chi connectivity index (χ4n) is 5.05. The van der Waals surface area contributed by atoms with E-state index < -0.39 is 27.9 Å². The largest absolute Gasteiger partial charge is 0.465 e. The van der Waals surface area contributed by atoms with Crippen LogP contribution in [0.4, 0.5) is 5.69 Å². The first-order valence-corrected chi connectivity index (χ1v) is 15.8. The Kier molecular flexibility index (Phi) is 8.71. The van der Waals surface area contributed by atoms with Gasteiger partial charge in [-0.15, -0.1) is 11.3 Å². The Morgan fingerprint density at radius 1 is 0.951 bits per heavy atom. The molecule has 1 aromatic heterocycles. The highest BCUT2D eigenvalue weighted by atomic mass is 32.2. The second kappa shape index (κ2) is 12.4. The Bertz CT molecular complexity index is 1520. The molecule has 0 bridgehead atoms. The Labute approximate surface area is 242 Å². The van der Waals surface area contributed by atoms with Crippen molar-refractivity contribution in [2.75, 3.05) is 32.1 Å². The molecule has 0 radical (unpaired) electrons. The zero-order valence-electron chi connectivity index (χ0n) is 22.6. The van der Waals surface area contributed by atoms with Crippen LogP contribution >= 0.6 is 11.3 Å². The van der Waals surface area contributed by atoms with Gasteiger partial charge in [-0.25, -0.2) is 13.2 Å². The molecule has 0 unspecified atom stereocenters. The number of esters is 1. The van der Waals surface area contributed by atoms with Gasteiger partial charge in [0.05, 0.1) is 28.1 Å². The summed E-state index contributed by atoms with van der Waals surface area (Å²) >= 11 is 1.32. The third-order valence-corrected chi connectivity index (χ3v) is 9.97. The molecule has 0 saturated carbocycles. The van der Waals surface area contributed by atoms with Gasteiger partial charge in [0.15, 0.2) is 5.75 Å². The second-order valence-electron chi connectivity index (χ2n) is 9.86. The Hall–Kier alpha value is -3.74. The molecule has 1 atom stereocenters. The summed E-state index contributed by atoms with van der Waals surface area (Å²) < 4.78 is 39.1. The molecule has 3 aromatic rings. The molecule has 0 aliphatic carbocycles. The Balaban J connectivity index is 1.44. The van der Waals surface area contributed by atoms with Gasteiger partial charge in [0.1, 0.15) is 11.8 Å². The van der Waals surface area contributed by atoms with Crippen molar-refractivity contribution in [2.45, 2.75) is 43.0 Å². The zero-order valence-corrected chi connectivity index (χ0v) is 24.2. The van der Waals surface area contributed by atoms with E-state index in [0.717, 1.165) is 19.3 Å². The molecule has 12 heteroatoms. The normalized spacial score (nSPS) is 17.7. The van der Waals surface area contributed by atoms with Crippen LogP contribution in [0.1, 0.15) is 52.1 Å². The van der Waals surface area contributed by atoms with E-state index in [1.165, 1.54) is 41.0 Å². The van der Waals surface area contributed by atoms with E-state index in [0.29, 0.717) is 48.7 Å². The van der Waals surface area contributed by atoms with Gasteiger partial charge in [-0.2, -0.15) is 4.31 Å². The molecule has 2 aliphatic heterocycles. The lowest BCUT2D eigenvalue weighted by molar-refractivity contribution is -0.119. The summed E-state index contributed by atoms with van der Waals surface area (Å²) in [6, 6.07) is 13.4. The summed E-state index contributed by atoms with van der Waals surface area (Å²) in [7, 11) is -2.50. The van der Waals surface area contributed by atoms with Gasteiger partial charge in [0, 0.05) is 19.6 Å². The molecule has 41 heavy (non-hydrogen) atoms. The number of anilines is 1. The summed E-state index contributed by atoms with van der Waals surface area (Å²) in [6.07, 6.45) is 3.73. The van der Waals surface area contributed by atoms with E-state index >= 15 is 0 Å². The SMILES string of the molecule is COC(=O)c1ccc(Oc2ccc(S(=O)(=O)N3CCCCC3)cc2NC(=O)[C@@H]2CCCN2C(=O)c2cccs2)cc1. The van der Waals surface area contributed by atoms with E-state index in [1.54, 1.807) is 41.3 Å². The van der Waals surface area contributed by atoms with Crippen LogP contribution in [0, 0.1) is 0 Å². The van der Waals surface area contributed by atoms with Crippen molar-refractivity contribution in [1.82, 2.24) is 9.21 Å². The van der Waals surface area contributed by atoms with Gasteiger partial charge >= 0.3 is 5.97 Å². The smallest absolute Gasteiger partial charge is 0.337 e. The standard InChI is InChI=1S/C29H31N3O7S2/c1-38-29(35)20-9-11-21(12-10-20)39-25-14-13-22(41(36,37)31-15-3-2-4-16-31)19-23(25)30-27(33)24-7-5-17-32(24)28(34)26-8-6-18-40-26/h6,8-14,18-19,24H,2-5,7,15-17H2,1H3,(H,30,33)/t24-/m0/s1.